The highest BCUT2D eigenvalue weighted by Crippen LogP contribution is 2.31. The van der Waals surface area contributed by atoms with Gasteiger partial charge in [0.05, 0.1) is 21.5 Å². The Bertz CT molecular complexity index is 1090. The van der Waals surface area contributed by atoms with E-state index in [1.54, 1.807) is 29.3 Å². The van der Waals surface area contributed by atoms with Crippen LogP contribution in [-0.4, -0.2) is 63.6 Å². The van der Waals surface area contributed by atoms with Crippen molar-refractivity contribution in [1.82, 2.24) is 24.7 Å². The van der Waals surface area contributed by atoms with Crippen molar-refractivity contribution in [2.45, 2.75) is 13.1 Å². The van der Waals surface area contributed by atoms with Crippen LogP contribution in [0.4, 0.5) is 13.2 Å². The first-order valence-corrected chi connectivity index (χ1v) is 9.83. The molecule has 0 atom stereocenters. The number of alkyl halides is 3. The van der Waals surface area contributed by atoms with E-state index in [0.29, 0.717) is 18.6 Å². The number of benzene rings is 1. The molecule has 0 aliphatic carbocycles. The number of hydrogen-bond acceptors (Lipinski definition) is 6. The van der Waals surface area contributed by atoms with Crippen molar-refractivity contribution >= 4 is 27.3 Å². The van der Waals surface area contributed by atoms with E-state index in [1.807, 2.05) is 7.05 Å². The standard InChI is InChI=1S/C18H19F3N6OS/c1-11(23-26-9-7-25(2)8-10-26)14-15(18(19,20)21)24-27(16(14)28)17-22-12-5-3-4-6-13(12)29-17/h3-6,24H,7-10H2,1-2H3/b23-11+. The summed E-state index contributed by atoms with van der Waals surface area (Å²) in [5.41, 5.74) is -1.76. The van der Waals surface area contributed by atoms with Gasteiger partial charge in [0.15, 0.2) is 5.69 Å². The maximum atomic E-state index is 13.7. The van der Waals surface area contributed by atoms with E-state index in [-0.39, 0.29) is 10.8 Å². The number of piperazine rings is 1. The molecule has 0 spiro atoms. The number of likely N-dealkylation sites (N-methyl/N-ethyl adjacent to an activating group) is 1. The minimum absolute atomic E-state index is 0.0305. The van der Waals surface area contributed by atoms with Crippen LogP contribution in [0.1, 0.15) is 18.2 Å². The predicted molar refractivity (Wildman–Crippen MR) is 106 cm³/mol. The molecule has 0 unspecified atom stereocenters. The van der Waals surface area contributed by atoms with Crippen LogP contribution >= 0.6 is 11.3 Å². The molecule has 1 aromatic carbocycles. The van der Waals surface area contributed by atoms with Crippen LogP contribution in [0.5, 0.6) is 0 Å². The van der Waals surface area contributed by atoms with Gasteiger partial charge in [-0.2, -0.15) is 23.0 Å². The molecule has 3 aromatic rings. The molecular weight excluding hydrogens is 405 g/mol. The summed E-state index contributed by atoms with van der Waals surface area (Å²) in [5, 5.41) is 8.36. The zero-order valence-electron chi connectivity index (χ0n) is 15.8. The molecule has 2 aromatic heterocycles. The average molecular weight is 424 g/mol. The quantitative estimate of drug-likeness (QED) is 0.657. The first kappa shape index (κ1) is 19.6. The molecule has 0 radical (unpaired) electrons. The number of para-hydroxylation sites is 1. The van der Waals surface area contributed by atoms with Gasteiger partial charge in [-0.05, 0) is 26.1 Å². The first-order chi connectivity index (χ1) is 13.7. The topological polar surface area (TPSA) is 69.5 Å². The lowest BCUT2D eigenvalue weighted by molar-refractivity contribution is -0.141. The number of rotatable bonds is 3. The van der Waals surface area contributed by atoms with Crippen molar-refractivity contribution in [2.24, 2.45) is 5.10 Å². The number of aromatic nitrogens is 3. The van der Waals surface area contributed by atoms with E-state index < -0.39 is 23.0 Å². The van der Waals surface area contributed by atoms with Gasteiger partial charge >= 0.3 is 6.18 Å². The normalized spacial score (nSPS) is 16.7. The smallest absolute Gasteiger partial charge is 0.303 e. The molecule has 0 bridgehead atoms. The van der Waals surface area contributed by atoms with Crippen molar-refractivity contribution in [3.63, 3.8) is 0 Å². The molecule has 7 nitrogen and oxygen atoms in total. The van der Waals surface area contributed by atoms with Crippen molar-refractivity contribution in [3.05, 3.63) is 45.9 Å². The lowest BCUT2D eigenvalue weighted by Gasteiger charge is -2.30. The second kappa shape index (κ2) is 7.30. The van der Waals surface area contributed by atoms with Gasteiger partial charge in [0, 0.05) is 26.2 Å². The summed E-state index contributed by atoms with van der Waals surface area (Å²) in [6.07, 6.45) is -4.73. The van der Waals surface area contributed by atoms with Crippen LogP contribution < -0.4 is 5.56 Å². The number of aromatic amines is 1. The van der Waals surface area contributed by atoms with Crippen LogP contribution in [0.15, 0.2) is 34.2 Å². The van der Waals surface area contributed by atoms with E-state index >= 15 is 0 Å². The van der Waals surface area contributed by atoms with Gasteiger partial charge in [-0.3, -0.25) is 14.9 Å². The minimum Gasteiger partial charge on any atom is -0.303 e. The number of nitrogens with zero attached hydrogens (tertiary/aromatic N) is 5. The van der Waals surface area contributed by atoms with Crippen LogP contribution in [0.2, 0.25) is 0 Å². The zero-order chi connectivity index (χ0) is 20.8. The van der Waals surface area contributed by atoms with E-state index in [2.05, 4.69) is 20.1 Å². The molecule has 4 rings (SSSR count). The Labute approximate surface area is 168 Å². The van der Waals surface area contributed by atoms with E-state index in [9.17, 15) is 18.0 Å². The molecule has 3 heterocycles. The average Bonchev–Trinajstić information content (AvgIpc) is 3.24. The highest BCUT2D eigenvalue weighted by atomic mass is 32.1. The van der Waals surface area contributed by atoms with Crippen molar-refractivity contribution < 1.29 is 13.2 Å². The van der Waals surface area contributed by atoms with Gasteiger partial charge in [-0.25, -0.2) is 4.98 Å². The molecule has 0 saturated carbocycles. The number of nitrogens with one attached hydrogen (secondary N) is 1. The molecule has 1 aliphatic heterocycles. The van der Waals surface area contributed by atoms with Crippen molar-refractivity contribution in [2.75, 3.05) is 33.2 Å². The Morgan fingerprint density at radius 3 is 2.55 bits per heavy atom. The van der Waals surface area contributed by atoms with Gasteiger partial charge in [0.25, 0.3) is 5.56 Å². The molecule has 11 heteroatoms. The molecule has 1 N–H and O–H groups in total. The Morgan fingerprint density at radius 2 is 1.90 bits per heavy atom. The summed E-state index contributed by atoms with van der Waals surface area (Å²) < 4.78 is 42.7. The van der Waals surface area contributed by atoms with Crippen molar-refractivity contribution in [3.8, 4) is 5.13 Å². The summed E-state index contributed by atoms with van der Waals surface area (Å²) in [4.78, 5) is 19.3. The van der Waals surface area contributed by atoms with Gasteiger partial charge in [0.1, 0.15) is 0 Å². The van der Waals surface area contributed by atoms with E-state index in [4.69, 9.17) is 0 Å². The Kier molecular flexibility index (Phi) is 4.95. The predicted octanol–water partition coefficient (Wildman–Crippen LogP) is 2.77. The maximum absolute atomic E-state index is 13.7. The minimum atomic E-state index is -4.73. The van der Waals surface area contributed by atoms with Gasteiger partial charge in [0.2, 0.25) is 5.13 Å². The van der Waals surface area contributed by atoms with E-state index in [1.165, 1.54) is 6.92 Å². The Hall–Kier alpha value is -2.66. The van der Waals surface area contributed by atoms with Gasteiger partial charge in [-0.15, -0.1) is 0 Å². The van der Waals surface area contributed by atoms with Crippen LogP contribution in [-0.2, 0) is 6.18 Å². The third kappa shape index (κ3) is 3.79. The Balaban J connectivity index is 1.80. The molecular formula is C18H19F3N6OS. The lowest BCUT2D eigenvalue weighted by atomic mass is 10.1. The fourth-order valence-corrected chi connectivity index (χ4v) is 4.15. The summed E-state index contributed by atoms with van der Waals surface area (Å²) in [6, 6.07) is 7.13. The fraction of sp³-hybridized carbons (Fsp3) is 0.389. The third-order valence-electron chi connectivity index (χ3n) is 4.78. The zero-order valence-corrected chi connectivity index (χ0v) is 16.6. The summed E-state index contributed by atoms with van der Waals surface area (Å²) in [7, 11) is 1.97. The summed E-state index contributed by atoms with van der Waals surface area (Å²) >= 11 is 1.14. The number of H-pyrrole nitrogens is 1. The molecule has 1 fully saturated rings. The summed E-state index contributed by atoms with van der Waals surface area (Å²) in [5.74, 6) is 0. The molecule has 0 amide bonds. The highest BCUT2D eigenvalue weighted by molar-refractivity contribution is 7.20. The van der Waals surface area contributed by atoms with Gasteiger partial charge < -0.3 is 4.90 Å². The Morgan fingerprint density at radius 1 is 1.21 bits per heavy atom. The molecule has 1 saturated heterocycles. The first-order valence-electron chi connectivity index (χ1n) is 9.01. The maximum Gasteiger partial charge on any atom is 0.433 e. The highest BCUT2D eigenvalue weighted by Gasteiger charge is 2.39. The van der Waals surface area contributed by atoms with Crippen molar-refractivity contribution in [1.29, 1.82) is 0 Å². The number of fused-ring (bicyclic) bond motifs is 1. The van der Waals surface area contributed by atoms with Gasteiger partial charge in [-0.1, -0.05) is 23.5 Å². The van der Waals surface area contributed by atoms with Crippen LogP contribution in [0.25, 0.3) is 15.3 Å². The second-order valence-corrected chi connectivity index (χ2v) is 7.92. The largest absolute Gasteiger partial charge is 0.433 e. The molecule has 1 aliphatic rings. The number of halogens is 3. The summed E-state index contributed by atoms with van der Waals surface area (Å²) in [6.45, 7) is 4.12. The SMILES string of the molecule is C/C(=N\N1CCN(C)CC1)c1c(C(F)(F)F)[nH]n(-c2nc3ccccc3s2)c1=O. The third-order valence-corrected chi connectivity index (χ3v) is 5.80. The number of hydrazone groups is 1. The second-order valence-electron chi connectivity index (χ2n) is 6.91. The molecule has 29 heavy (non-hydrogen) atoms. The molecule has 154 valence electrons. The monoisotopic (exact) mass is 424 g/mol. The van der Waals surface area contributed by atoms with Crippen LogP contribution in [0, 0.1) is 0 Å². The number of hydrogen-bond donors (Lipinski definition) is 1. The number of thiazole rings is 1. The van der Waals surface area contributed by atoms with E-state index in [0.717, 1.165) is 33.8 Å². The lowest BCUT2D eigenvalue weighted by Crippen LogP contribution is -2.42. The van der Waals surface area contributed by atoms with Crippen LogP contribution in [0.3, 0.4) is 0 Å². The fourth-order valence-electron chi connectivity index (χ4n) is 3.23.